The van der Waals surface area contributed by atoms with Crippen LogP contribution in [-0.2, 0) is 4.79 Å². The fraction of sp³-hybridized carbons (Fsp3) is 0.800. The molecular weight excluding hydrogens is 334 g/mol. The number of aromatic nitrogens is 2. The molecule has 2 aliphatic carbocycles. The Hall–Kier alpha value is -0.270. The molecule has 0 radical (unpaired) electrons. The maximum absolute atomic E-state index is 12.4. The first kappa shape index (κ1) is 16.6. The molecule has 2 bridgehead atoms. The molecule has 1 N–H and O–H groups in total. The Morgan fingerprint density at radius 2 is 2.05 bits per heavy atom. The lowest BCUT2D eigenvalue weighted by molar-refractivity contribution is -0.121. The normalized spacial score (nSPS) is 29.5. The zero-order chi connectivity index (χ0) is 15.7. The third-order valence-electron chi connectivity index (χ3n) is 5.01. The minimum Gasteiger partial charge on any atom is -0.352 e. The Kier molecular flexibility index (Phi) is 5.35. The van der Waals surface area contributed by atoms with Gasteiger partial charge >= 0.3 is 0 Å². The van der Waals surface area contributed by atoms with Gasteiger partial charge in [0, 0.05) is 6.04 Å². The molecule has 0 aromatic carbocycles. The van der Waals surface area contributed by atoms with Gasteiger partial charge in [0.15, 0.2) is 8.68 Å². The zero-order valence-corrected chi connectivity index (χ0v) is 15.7. The highest BCUT2D eigenvalue weighted by atomic mass is 32.2. The van der Waals surface area contributed by atoms with Crippen LogP contribution >= 0.6 is 34.9 Å². The van der Waals surface area contributed by atoms with Crippen molar-refractivity contribution >= 4 is 40.8 Å². The fourth-order valence-electron chi connectivity index (χ4n) is 3.89. The van der Waals surface area contributed by atoms with Crippen LogP contribution in [0, 0.1) is 17.8 Å². The third kappa shape index (κ3) is 3.62. The molecule has 0 unspecified atom stereocenters. The topological polar surface area (TPSA) is 54.9 Å². The number of rotatable bonds is 6. The van der Waals surface area contributed by atoms with Crippen molar-refractivity contribution in [2.24, 2.45) is 17.8 Å². The molecule has 0 aliphatic heterocycles. The first-order chi connectivity index (χ1) is 10.6. The van der Waals surface area contributed by atoms with Crippen molar-refractivity contribution in [2.75, 3.05) is 6.26 Å². The van der Waals surface area contributed by atoms with Crippen molar-refractivity contribution in [1.29, 1.82) is 0 Å². The molecule has 4 nitrogen and oxygen atoms in total. The lowest BCUT2D eigenvalue weighted by Gasteiger charge is -2.29. The number of hydrogen-bond donors (Lipinski definition) is 1. The van der Waals surface area contributed by atoms with Gasteiger partial charge in [-0.1, -0.05) is 41.3 Å². The highest BCUT2D eigenvalue weighted by Gasteiger charge is 2.42. The van der Waals surface area contributed by atoms with Crippen LogP contribution in [0.4, 0.5) is 0 Å². The van der Waals surface area contributed by atoms with E-state index in [1.165, 1.54) is 37.4 Å². The predicted molar refractivity (Wildman–Crippen MR) is 93.6 cm³/mol. The molecule has 1 heterocycles. The van der Waals surface area contributed by atoms with Crippen molar-refractivity contribution < 1.29 is 4.79 Å². The van der Waals surface area contributed by atoms with Crippen LogP contribution in [0.2, 0.25) is 0 Å². The molecule has 3 rings (SSSR count). The summed E-state index contributed by atoms with van der Waals surface area (Å²) in [6.07, 6.45) is 7.45. The first-order valence-corrected chi connectivity index (χ1v) is 10.8. The summed E-state index contributed by atoms with van der Waals surface area (Å²) in [6.45, 7) is 4.13. The van der Waals surface area contributed by atoms with E-state index in [0.29, 0.717) is 12.0 Å². The van der Waals surface area contributed by atoms with Crippen LogP contribution in [0.1, 0.15) is 39.5 Å². The second-order valence-corrected chi connectivity index (χ2v) is 10.1. The summed E-state index contributed by atoms with van der Waals surface area (Å²) < 4.78 is 1.82. The number of carbonyl (C=O) groups is 1. The average molecular weight is 358 g/mol. The SMILES string of the molecule is CSc1nnc(S[C@H](C)C(=O)N[C@@H](C)[C@H]2C[C@H]3CC[C@H]2C3)s1. The molecule has 0 saturated heterocycles. The molecule has 2 aliphatic rings. The standard InChI is InChI=1S/C15H23N3OS3/c1-8(12-7-10-4-5-11(12)6-10)16-13(19)9(2)21-15-18-17-14(20-3)22-15/h8-12H,4-7H2,1-3H3,(H,16,19)/t8-,9+,10-,11-,12+/m0/s1. The van der Waals surface area contributed by atoms with Crippen molar-refractivity contribution in [1.82, 2.24) is 15.5 Å². The molecule has 1 aromatic rings. The Bertz CT molecular complexity index is 536. The van der Waals surface area contributed by atoms with E-state index in [9.17, 15) is 4.79 Å². The second kappa shape index (κ2) is 7.09. The van der Waals surface area contributed by atoms with Gasteiger partial charge in [-0.25, -0.2) is 0 Å². The predicted octanol–water partition coefficient (Wildman–Crippen LogP) is 3.68. The van der Waals surface area contributed by atoms with E-state index >= 15 is 0 Å². The van der Waals surface area contributed by atoms with Gasteiger partial charge in [0.1, 0.15) is 0 Å². The quantitative estimate of drug-likeness (QED) is 0.787. The molecular formula is C15H23N3OS3. The smallest absolute Gasteiger partial charge is 0.233 e. The van der Waals surface area contributed by atoms with Gasteiger partial charge in [0.05, 0.1) is 5.25 Å². The number of amides is 1. The Morgan fingerprint density at radius 3 is 2.64 bits per heavy atom. The number of nitrogens with zero attached hydrogens (tertiary/aromatic N) is 2. The largest absolute Gasteiger partial charge is 0.352 e. The van der Waals surface area contributed by atoms with Crippen LogP contribution in [0.3, 0.4) is 0 Å². The van der Waals surface area contributed by atoms with Gasteiger partial charge in [-0.3, -0.25) is 4.79 Å². The van der Waals surface area contributed by atoms with Gasteiger partial charge < -0.3 is 5.32 Å². The number of fused-ring (bicyclic) bond motifs is 2. The number of hydrogen-bond acceptors (Lipinski definition) is 6. The minimum absolute atomic E-state index is 0.122. The molecule has 122 valence electrons. The summed E-state index contributed by atoms with van der Waals surface area (Å²) in [5, 5.41) is 11.3. The zero-order valence-electron chi connectivity index (χ0n) is 13.2. The van der Waals surface area contributed by atoms with Crippen molar-refractivity contribution in [2.45, 2.75) is 59.5 Å². The molecule has 22 heavy (non-hydrogen) atoms. The van der Waals surface area contributed by atoms with Crippen molar-refractivity contribution in [3.63, 3.8) is 0 Å². The van der Waals surface area contributed by atoms with Crippen LogP contribution < -0.4 is 5.32 Å². The van der Waals surface area contributed by atoms with Crippen LogP contribution in [-0.4, -0.2) is 33.7 Å². The number of thioether (sulfide) groups is 2. The van der Waals surface area contributed by atoms with Gasteiger partial charge in [-0.2, -0.15) is 0 Å². The van der Waals surface area contributed by atoms with Gasteiger partial charge in [-0.15, -0.1) is 10.2 Å². The summed E-state index contributed by atoms with van der Waals surface area (Å²) in [5.74, 6) is 2.58. The van der Waals surface area contributed by atoms with Gasteiger partial charge in [0.25, 0.3) is 0 Å². The maximum Gasteiger partial charge on any atom is 0.233 e. The molecule has 1 amide bonds. The Balaban J connectivity index is 1.50. The molecule has 7 heteroatoms. The lowest BCUT2D eigenvalue weighted by atomic mass is 9.84. The van der Waals surface area contributed by atoms with E-state index in [-0.39, 0.29) is 11.2 Å². The maximum atomic E-state index is 12.4. The first-order valence-electron chi connectivity index (χ1n) is 7.91. The van der Waals surface area contributed by atoms with Gasteiger partial charge in [0.2, 0.25) is 5.91 Å². The van der Waals surface area contributed by atoms with Crippen molar-refractivity contribution in [3.8, 4) is 0 Å². The van der Waals surface area contributed by atoms with E-state index < -0.39 is 0 Å². The Morgan fingerprint density at radius 1 is 1.27 bits per heavy atom. The fourth-order valence-corrected chi connectivity index (χ4v) is 6.48. The second-order valence-electron chi connectivity index (χ2n) is 6.43. The highest BCUT2D eigenvalue weighted by molar-refractivity contribution is 8.03. The summed E-state index contributed by atoms with van der Waals surface area (Å²) in [5.41, 5.74) is 0. The van der Waals surface area contributed by atoms with Crippen LogP contribution in [0.25, 0.3) is 0 Å². The van der Waals surface area contributed by atoms with E-state index in [0.717, 1.165) is 20.5 Å². The summed E-state index contributed by atoms with van der Waals surface area (Å²) in [7, 11) is 0. The average Bonchev–Trinajstić information content (AvgIpc) is 3.22. The summed E-state index contributed by atoms with van der Waals surface area (Å²) in [6, 6.07) is 0.294. The Labute approximate surface area is 144 Å². The van der Waals surface area contributed by atoms with E-state index in [1.54, 1.807) is 23.1 Å². The summed E-state index contributed by atoms with van der Waals surface area (Å²) >= 11 is 4.65. The number of nitrogens with one attached hydrogen (secondary N) is 1. The highest BCUT2D eigenvalue weighted by Crippen LogP contribution is 2.49. The minimum atomic E-state index is -0.122. The van der Waals surface area contributed by atoms with E-state index in [2.05, 4.69) is 22.4 Å². The van der Waals surface area contributed by atoms with Crippen LogP contribution in [0.15, 0.2) is 8.68 Å². The number of carbonyl (C=O) groups excluding carboxylic acids is 1. The van der Waals surface area contributed by atoms with Gasteiger partial charge in [-0.05, 0) is 57.1 Å². The monoisotopic (exact) mass is 357 g/mol. The molecule has 0 spiro atoms. The molecule has 1 aromatic heterocycles. The lowest BCUT2D eigenvalue weighted by Crippen LogP contribution is -2.43. The van der Waals surface area contributed by atoms with E-state index in [1.807, 2.05) is 13.2 Å². The van der Waals surface area contributed by atoms with Crippen molar-refractivity contribution in [3.05, 3.63) is 0 Å². The molecule has 2 saturated carbocycles. The molecule has 5 atom stereocenters. The third-order valence-corrected chi connectivity index (χ3v) is 8.10. The van der Waals surface area contributed by atoms with E-state index in [4.69, 9.17) is 0 Å². The summed E-state index contributed by atoms with van der Waals surface area (Å²) in [4.78, 5) is 12.4. The van der Waals surface area contributed by atoms with Crippen LogP contribution in [0.5, 0.6) is 0 Å². The molecule has 2 fully saturated rings.